The molecule has 3 aromatic heterocycles. The van der Waals surface area contributed by atoms with E-state index in [2.05, 4.69) is 15.4 Å². The fourth-order valence-corrected chi connectivity index (χ4v) is 4.30. The molecule has 0 fully saturated rings. The van der Waals surface area contributed by atoms with E-state index in [0.29, 0.717) is 22.9 Å². The molecule has 0 aliphatic rings. The van der Waals surface area contributed by atoms with Crippen molar-refractivity contribution in [2.45, 2.75) is 13.5 Å². The van der Waals surface area contributed by atoms with Crippen molar-refractivity contribution in [3.8, 4) is 17.0 Å². The van der Waals surface area contributed by atoms with Crippen molar-refractivity contribution in [3.05, 3.63) is 77.3 Å². The van der Waals surface area contributed by atoms with E-state index in [4.69, 9.17) is 4.74 Å². The number of hydrogen-bond donors (Lipinski definition) is 1. The fraction of sp³-hybridized carbons (Fsp3) is 0.130. The summed E-state index contributed by atoms with van der Waals surface area (Å²) in [5.74, 6) is 0.461. The first-order valence-electron chi connectivity index (χ1n) is 10.1. The van der Waals surface area contributed by atoms with Gasteiger partial charge in [0.25, 0.3) is 5.56 Å². The quantitative estimate of drug-likeness (QED) is 0.429. The average molecular weight is 446 g/mol. The highest BCUT2D eigenvalue weighted by Gasteiger charge is 2.13. The van der Waals surface area contributed by atoms with Gasteiger partial charge in [0.1, 0.15) is 17.8 Å². The Morgan fingerprint density at radius 2 is 1.94 bits per heavy atom. The third-order valence-corrected chi connectivity index (χ3v) is 5.87. The second kappa shape index (κ2) is 8.27. The normalized spacial score (nSPS) is 11.2. The molecule has 0 radical (unpaired) electrons. The molecule has 0 unspecified atom stereocenters. The number of thiazole rings is 1. The lowest BCUT2D eigenvalue weighted by molar-refractivity contribution is -0.116. The molecule has 0 spiro atoms. The Balaban J connectivity index is 1.37. The number of hydrogen-bond acceptors (Lipinski definition) is 6. The van der Waals surface area contributed by atoms with E-state index in [9.17, 15) is 9.59 Å². The second-order valence-corrected chi connectivity index (χ2v) is 8.11. The van der Waals surface area contributed by atoms with Crippen molar-refractivity contribution in [1.82, 2.24) is 19.2 Å². The van der Waals surface area contributed by atoms with Crippen LogP contribution in [0.15, 0.2) is 71.8 Å². The van der Waals surface area contributed by atoms with Gasteiger partial charge in [-0.1, -0.05) is 23.5 Å². The van der Waals surface area contributed by atoms with Crippen LogP contribution in [0.3, 0.4) is 0 Å². The van der Waals surface area contributed by atoms with Gasteiger partial charge >= 0.3 is 0 Å². The molecular weight excluding hydrogens is 426 g/mol. The third-order valence-electron chi connectivity index (χ3n) is 4.92. The SMILES string of the molecule is CCOc1ccc(-c2cc3c(=O)n(CC(=O)Nc4nc5ccccc5s4)ccn3n2)cc1. The number of para-hydroxylation sites is 1. The van der Waals surface area contributed by atoms with Crippen LogP contribution in [-0.4, -0.2) is 31.7 Å². The first-order chi connectivity index (χ1) is 15.6. The zero-order valence-electron chi connectivity index (χ0n) is 17.2. The molecular formula is C23H19N5O3S. The van der Waals surface area contributed by atoms with E-state index in [1.54, 1.807) is 18.5 Å². The lowest BCUT2D eigenvalue weighted by Crippen LogP contribution is -2.28. The van der Waals surface area contributed by atoms with Crippen LogP contribution in [0.2, 0.25) is 0 Å². The number of nitrogens with one attached hydrogen (secondary N) is 1. The van der Waals surface area contributed by atoms with E-state index in [-0.39, 0.29) is 18.0 Å². The summed E-state index contributed by atoms with van der Waals surface area (Å²) in [4.78, 5) is 29.8. The van der Waals surface area contributed by atoms with Crippen LogP contribution in [-0.2, 0) is 11.3 Å². The van der Waals surface area contributed by atoms with Crippen LogP contribution in [0.25, 0.3) is 27.0 Å². The monoisotopic (exact) mass is 445 g/mol. The molecule has 3 heterocycles. The van der Waals surface area contributed by atoms with Gasteiger partial charge in [0.2, 0.25) is 5.91 Å². The van der Waals surface area contributed by atoms with Gasteiger partial charge < -0.3 is 14.6 Å². The molecule has 9 heteroatoms. The number of ether oxygens (including phenoxy) is 1. The number of carbonyl (C=O) groups excluding carboxylic acids is 1. The Bertz CT molecular complexity index is 1450. The molecule has 5 rings (SSSR count). The average Bonchev–Trinajstić information content (AvgIpc) is 3.40. The Hall–Kier alpha value is -3.98. The standard InChI is InChI=1S/C23H19N5O3S/c1-2-31-16-9-7-15(8-10-16)18-13-19-22(30)27(11-12-28(19)26-18)14-21(29)25-23-24-17-5-3-4-6-20(17)32-23/h3-13H,2,14H2,1H3,(H,24,25,29). The third kappa shape index (κ3) is 3.85. The highest BCUT2D eigenvalue weighted by Crippen LogP contribution is 2.25. The van der Waals surface area contributed by atoms with Crippen LogP contribution in [0.4, 0.5) is 5.13 Å². The van der Waals surface area contributed by atoms with E-state index in [1.165, 1.54) is 20.4 Å². The number of aromatic nitrogens is 4. The topological polar surface area (TPSA) is 90.5 Å². The molecule has 160 valence electrons. The zero-order valence-corrected chi connectivity index (χ0v) is 18.0. The van der Waals surface area contributed by atoms with Crippen molar-refractivity contribution in [2.24, 2.45) is 0 Å². The molecule has 0 saturated heterocycles. The summed E-state index contributed by atoms with van der Waals surface area (Å²) in [6.45, 7) is 2.41. The van der Waals surface area contributed by atoms with E-state index >= 15 is 0 Å². The number of amides is 1. The minimum absolute atomic E-state index is 0.116. The Kier molecular flexibility index (Phi) is 5.16. The zero-order chi connectivity index (χ0) is 22.1. The lowest BCUT2D eigenvalue weighted by Gasteiger charge is -2.05. The Morgan fingerprint density at radius 1 is 1.12 bits per heavy atom. The van der Waals surface area contributed by atoms with Crippen molar-refractivity contribution in [2.75, 3.05) is 11.9 Å². The molecule has 0 aliphatic heterocycles. The summed E-state index contributed by atoms with van der Waals surface area (Å²) in [6.07, 6.45) is 3.22. The number of rotatable bonds is 6. The number of carbonyl (C=O) groups is 1. The maximum Gasteiger partial charge on any atom is 0.277 e. The number of nitrogens with zero attached hydrogens (tertiary/aromatic N) is 4. The first kappa shape index (κ1) is 20.0. The number of fused-ring (bicyclic) bond motifs is 2. The molecule has 0 atom stereocenters. The van der Waals surface area contributed by atoms with Crippen molar-refractivity contribution in [3.63, 3.8) is 0 Å². The predicted molar refractivity (Wildman–Crippen MR) is 124 cm³/mol. The molecule has 2 aromatic carbocycles. The van der Waals surface area contributed by atoms with Crippen LogP contribution >= 0.6 is 11.3 Å². The summed E-state index contributed by atoms with van der Waals surface area (Å²) < 4.78 is 9.34. The van der Waals surface area contributed by atoms with Gasteiger partial charge in [-0.25, -0.2) is 9.50 Å². The van der Waals surface area contributed by atoms with Gasteiger partial charge in [-0.15, -0.1) is 0 Å². The Labute approximate surface area is 186 Å². The Morgan fingerprint density at radius 3 is 2.72 bits per heavy atom. The predicted octanol–water partition coefficient (Wildman–Crippen LogP) is 3.81. The molecule has 0 aliphatic carbocycles. The molecule has 1 amide bonds. The maximum atomic E-state index is 12.9. The van der Waals surface area contributed by atoms with E-state index in [1.807, 2.05) is 55.5 Å². The van der Waals surface area contributed by atoms with Gasteiger partial charge in [0.15, 0.2) is 5.13 Å². The van der Waals surface area contributed by atoms with Crippen LogP contribution < -0.4 is 15.6 Å². The summed E-state index contributed by atoms with van der Waals surface area (Å²) >= 11 is 1.39. The lowest BCUT2D eigenvalue weighted by atomic mass is 10.1. The van der Waals surface area contributed by atoms with Gasteiger partial charge in [0.05, 0.1) is 22.5 Å². The van der Waals surface area contributed by atoms with E-state index in [0.717, 1.165) is 21.5 Å². The first-order valence-corrected chi connectivity index (χ1v) is 10.9. The van der Waals surface area contributed by atoms with Gasteiger partial charge in [0, 0.05) is 18.0 Å². The summed E-state index contributed by atoms with van der Waals surface area (Å²) in [7, 11) is 0. The van der Waals surface area contributed by atoms with Gasteiger partial charge in [-0.2, -0.15) is 5.10 Å². The van der Waals surface area contributed by atoms with Crippen LogP contribution in [0.5, 0.6) is 5.75 Å². The van der Waals surface area contributed by atoms with Crippen molar-refractivity contribution in [1.29, 1.82) is 0 Å². The highest BCUT2D eigenvalue weighted by atomic mass is 32.1. The molecule has 0 saturated carbocycles. The maximum absolute atomic E-state index is 12.9. The van der Waals surface area contributed by atoms with E-state index < -0.39 is 0 Å². The summed E-state index contributed by atoms with van der Waals surface area (Å²) in [5.41, 5.74) is 2.46. The smallest absolute Gasteiger partial charge is 0.277 e. The number of benzene rings is 2. The number of anilines is 1. The second-order valence-electron chi connectivity index (χ2n) is 7.08. The molecule has 0 bridgehead atoms. The van der Waals surface area contributed by atoms with Crippen LogP contribution in [0, 0.1) is 0 Å². The summed E-state index contributed by atoms with van der Waals surface area (Å²) in [5, 5.41) is 7.77. The highest BCUT2D eigenvalue weighted by molar-refractivity contribution is 7.22. The van der Waals surface area contributed by atoms with Crippen molar-refractivity contribution >= 4 is 38.1 Å². The minimum Gasteiger partial charge on any atom is -0.494 e. The molecule has 8 nitrogen and oxygen atoms in total. The fourth-order valence-electron chi connectivity index (χ4n) is 3.42. The largest absolute Gasteiger partial charge is 0.494 e. The van der Waals surface area contributed by atoms with Gasteiger partial charge in [-0.05, 0) is 49.4 Å². The summed E-state index contributed by atoms with van der Waals surface area (Å²) in [6, 6.07) is 16.9. The minimum atomic E-state index is -0.318. The molecule has 32 heavy (non-hydrogen) atoms. The van der Waals surface area contributed by atoms with Crippen molar-refractivity contribution < 1.29 is 9.53 Å². The van der Waals surface area contributed by atoms with Crippen LogP contribution in [0.1, 0.15) is 6.92 Å². The molecule has 5 aromatic rings. The molecule has 1 N–H and O–H groups in total. The van der Waals surface area contributed by atoms with Gasteiger partial charge in [-0.3, -0.25) is 9.59 Å².